The van der Waals surface area contributed by atoms with Gasteiger partial charge in [-0.1, -0.05) is 0 Å². The van der Waals surface area contributed by atoms with E-state index in [0.29, 0.717) is 0 Å². The van der Waals surface area contributed by atoms with E-state index < -0.39 is 0 Å². The zero-order valence-corrected chi connectivity index (χ0v) is 14.1. The molecule has 0 saturated carbocycles. The lowest BCUT2D eigenvalue weighted by molar-refractivity contribution is 0.0952. The van der Waals surface area contributed by atoms with Crippen LogP contribution in [0.1, 0.15) is 28.3 Å². The second-order valence-corrected chi connectivity index (χ2v) is 5.83. The van der Waals surface area contributed by atoms with Crippen LogP contribution >= 0.6 is 0 Å². The molecule has 0 aromatic carbocycles. The molecule has 1 amide bonds. The molecular formula is C16H21N7O. The fourth-order valence-corrected chi connectivity index (χ4v) is 2.79. The number of carbonyl (C=O) groups excluding carboxylic acids is 1. The molecule has 2 N–H and O–H groups in total. The van der Waals surface area contributed by atoms with Gasteiger partial charge in [-0.05, 0) is 20.3 Å². The number of anilines is 2. The summed E-state index contributed by atoms with van der Waals surface area (Å²) in [5.74, 6) is 1.53. The molecule has 24 heavy (non-hydrogen) atoms. The highest BCUT2D eigenvalue weighted by Gasteiger charge is 2.26. The van der Waals surface area contributed by atoms with Crippen LogP contribution in [0.3, 0.4) is 0 Å². The van der Waals surface area contributed by atoms with Crippen LogP contribution < -0.4 is 15.5 Å². The van der Waals surface area contributed by atoms with Crippen molar-refractivity contribution in [1.29, 1.82) is 0 Å². The fraction of sp³-hybridized carbons (Fsp3) is 0.438. The van der Waals surface area contributed by atoms with Crippen molar-refractivity contribution in [3.05, 3.63) is 35.7 Å². The maximum atomic E-state index is 11.9. The van der Waals surface area contributed by atoms with E-state index in [4.69, 9.17) is 0 Å². The summed E-state index contributed by atoms with van der Waals surface area (Å²) >= 11 is 0. The van der Waals surface area contributed by atoms with Gasteiger partial charge in [0.1, 0.15) is 11.6 Å². The molecule has 3 rings (SSSR count). The van der Waals surface area contributed by atoms with Crippen molar-refractivity contribution in [2.45, 2.75) is 26.3 Å². The van der Waals surface area contributed by atoms with E-state index in [1.54, 1.807) is 25.6 Å². The average molecular weight is 327 g/mol. The quantitative estimate of drug-likeness (QED) is 0.862. The number of nitrogens with one attached hydrogen (secondary N) is 2. The van der Waals surface area contributed by atoms with Gasteiger partial charge in [0.15, 0.2) is 0 Å². The van der Waals surface area contributed by atoms with E-state index in [1.807, 2.05) is 13.8 Å². The molecule has 1 fully saturated rings. The van der Waals surface area contributed by atoms with Crippen LogP contribution in [0.2, 0.25) is 0 Å². The Morgan fingerprint density at radius 1 is 1.29 bits per heavy atom. The molecule has 2 aromatic heterocycles. The Morgan fingerprint density at radius 3 is 2.83 bits per heavy atom. The SMILES string of the molecule is CNC(=O)c1nc(C)c(C)c(N2CC[C@@H](Nc3cnccn3)C2)n1. The van der Waals surface area contributed by atoms with Crippen LogP contribution in [0, 0.1) is 13.8 Å². The summed E-state index contributed by atoms with van der Waals surface area (Å²) in [7, 11) is 1.58. The first-order valence-electron chi connectivity index (χ1n) is 7.93. The zero-order chi connectivity index (χ0) is 17.1. The Bertz CT molecular complexity index is 735. The lowest BCUT2D eigenvalue weighted by Gasteiger charge is -2.21. The molecule has 8 nitrogen and oxygen atoms in total. The monoisotopic (exact) mass is 327 g/mol. The van der Waals surface area contributed by atoms with Crippen molar-refractivity contribution < 1.29 is 4.79 Å². The van der Waals surface area contributed by atoms with Crippen molar-refractivity contribution in [2.24, 2.45) is 0 Å². The van der Waals surface area contributed by atoms with Gasteiger partial charge in [-0.25, -0.2) is 15.0 Å². The fourth-order valence-electron chi connectivity index (χ4n) is 2.79. The van der Waals surface area contributed by atoms with E-state index in [1.165, 1.54) is 0 Å². The predicted molar refractivity (Wildman–Crippen MR) is 91.2 cm³/mol. The summed E-state index contributed by atoms with van der Waals surface area (Å²) in [6.07, 6.45) is 6.00. The Labute approximate surface area is 140 Å². The topological polar surface area (TPSA) is 95.9 Å². The molecular weight excluding hydrogens is 306 g/mol. The van der Waals surface area contributed by atoms with E-state index in [9.17, 15) is 4.79 Å². The second kappa shape index (κ2) is 6.77. The number of nitrogens with zero attached hydrogens (tertiary/aromatic N) is 5. The Hall–Kier alpha value is -2.77. The third-order valence-corrected chi connectivity index (χ3v) is 4.20. The van der Waals surface area contributed by atoms with Gasteiger partial charge in [0.25, 0.3) is 5.91 Å². The highest BCUT2D eigenvalue weighted by atomic mass is 16.2. The first-order valence-corrected chi connectivity index (χ1v) is 7.93. The summed E-state index contributed by atoms with van der Waals surface area (Å²) in [5.41, 5.74) is 1.83. The van der Waals surface area contributed by atoms with Gasteiger partial charge in [0, 0.05) is 49.8 Å². The number of aryl methyl sites for hydroxylation is 1. The van der Waals surface area contributed by atoms with Crippen LogP contribution in [-0.4, -0.2) is 52.0 Å². The van der Waals surface area contributed by atoms with Crippen LogP contribution in [0.15, 0.2) is 18.6 Å². The number of rotatable bonds is 4. The highest BCUT2D eigenvalue weighted by molar-refractivity contribution is 5.90. The molecule has 8 heteroatoms. The summed E-state index contributed by atoms with van der Waals surface area (Å²) in [6.45, 7) is 5.55. The van der Waals surface area contributed by atoms with Crippen LogP contribution in [0.25, 0.3) is 0 Å². The molecule has 0 radical (unpaired) electrons. The van der Waals surface area contributed by atoms with E-state index >= 15 is 0 Å². The van der Waals surface area contributed by atoms with Crippen LogP contribution in [0.4, 0.5) is 11.6 Å². The third-order valence-electron chi connectivity index (χ3n) is 4.20. The van der Waals surface area contributed by atoms with Crippen LogP contribution in [-0.2, 0) is 0 Å². The lowest BCUT2D eigenvalue weighted by atomic mass is 10.2. The van der Waals surface area contributed by atoms with Gasteiger partial charge in [-0.3, -0.25) is 9.78 Å². The molecule has 3 heterocycles. The third kappa shape index (κ3) is 3.27. The minimum absolute atomic E-state index is 0.209. The van der Waals surface area contributed by atoms with Crippen molar-refractivity contribution in [1.82, 2.24) is 25.3 Å². The molecule has 126 valence electrons. The predicted octanol–water partition coefficient (Wildman–Crippen LogP) is 0.934. The normalized spacial score (nSPS) is 17.0. The second-order valence-electron chi connectivity index (χ2n) is 5.83. The zero-order valence-electron chi connectivity index (χ0n) is 14.1. The molecule has 0 spiro atoms. The lowest BCUT2D eigenvalue weighted by Crippen LogP contribution is -2.29. The molecule has 1 atom stereocenters. The van der Waals surface area contributed by atoms with Crippen molar-refractivity contribution in [2.75, 3.05) is 30.4 Å². The standard InChI is InChI=1S/C16H21N7O/c1-10-11(2)20-14(16(24)17-3)22-15(10)23-7-4-12(9-23)21-13-8-18-5-6-19-13/h5-6,8,12H,4,7,9H2,1-3H3,(H,17,24)(H,19,21)/t12-/m1/s1. The highest BCUT2D eigenvalue weighted by Crippen LogP contribution is 2.25. The largest absolute Gasteiger partial charge is 0.364 e. The van der Waals surface area contributed by atoms with Gasteiger partial charge >= 0.3 is 0 Å². The molecule has 2 aromatic rings. The number of carbonyl (C=O) groups is 1. The Balaban J connectivity index is 1.78. The maximum Gasteiger partial charge on any atom is 0.288 e. The first-order chi connectivity index (χ1) is 11.6. The number of amides is 1. The summed E-state index contributed by atoms with van der Waals surface area (Å²) in [5, 5.41) is 5.96. The molecule has 0 aliphatic carbocycles. The summed E-state index contributed by atoms with van der Waals surface area (Å²) in [6, 6.07) is 0.264. The van der Waals surface area contributed by atoms with Gasteiger partial charge in [0.05, 0.1) is 6.20 Å². The Kier molecular flexibility index (Phi) is 4.54. The van der Waals surface area contributed by atoms with E-state index in [2.05, 4.69) is 35.5 Å². The summed E-state index contributed by atoms with van der Waals surface area (Å²) < 4.78 is 0. The van der Waals surface area contributed by atoms with Crippen molar-refractivity contribution in [3.63, 3.8) is 0 Å². The number of aromatic nitrogens is 4. The van der Waals surface area contributed by atoms with Gasteiger partial charge in [0.2, 0.25) is 5.82 Å². The Morgan fingerprint density at radius 2 is 2.12 bits per heavy atom. The smallest absolute Gasteiger partial charge is 0.288 e. The van der Waals surface area contributed by atoms with Crippen molar-refractivity contribution >= 4 is 17.5 Å². The minimum Gasteiger partial charge on any atom is -0.364 e. The van der Waals surface area contributed by atoms with E-state index in [0.717, 1.165) is 42.4 Å². The average Bonchev–Trinajstić information content (AvgIpc) is 3.05. The minimum atomic E-state index is -0.271. The molecule has 0 unspecified atom stereocenters. The number of hydrogen-bond donors (Lipinski definition) is 2. The van der Waals surface area contributed by atoms with Gasteiger partial charge in [-0.2, -0.15) is 0 Å². The van der Waals surface area contributed by atoms with E-state index in [-0.39, 0.29) is 17.8 Å². The van der Waals surface area contributed by atoms with Gasteiger partial charge < -0.3 is 15.5 Å². The van der Waals surface area contributed by atoms with Crippen molar-refractivity contribution in [3.8, 4) is 0 Å². The molecule has 1 aliphatic heterocycles. The summed E-state index contributed by atoms with van der Waals surface area (Å²) in [4.78, 5) is 31.1. The maximum absolute atomic E-state index is 11.9. The van der Waals surface area contributed by atoms with Crippen LogP contribution in [0.5, 0.6) is 0 Å². The number of hydrogen-bond acceptors (Lipinski definition) is 7. The molecule has 1 aliphatic rings. The molecule has 1 saturated heterocycles. The first kappa shape index (κ1) is 16.1. The molecule has 0 bridgehead atoms. The van der Waals surface area contributed by atoms with Gasteiger partial charge in [-0.15, -0.1) is 0 Å².